The lowest BCUT2D eigenvalue weighted by atomic mass is 9.85. The van der Waals surface area contributed by atoms with E-state index < -0.39 is 35.4 Å². The van der Waals surface area contributed by atoms with Gasteiger partial charge in [0.25, 0.3) is 0 Å². The van der Waals surface area contributed by atoms with Crippen molar-refractivity contribution in [3.8, 4) is 10.4 Å². The molecule has 0 unspecified atom stereocenters. The standard InChI is InChI=1S/C26H35N5O5S/c1-14-22(37-13-28-14)17-7-8-18(20(9-17)29-15(2)32)11-27-24(35)21-10-19(34)12-31(21)25(36)23(26(4,5)6)30-16(3)33/h7-9,13,19,21,23,34H,10-12H2,1-6H3,(H,27,35)(H,29,32)(H,30,33)/t19-,21+,23-/m1/s1. The van der Waals surface area contributed by atoms with Crippen molar-refractivity contribution < 1.29 is 24.3 Å². The van der Waals surface area contributed by atoms with Crippen LogP contribution in [0.5, 0.6) is 0 Å². The molecule has 0 radical (unpaired) electrons. The first-order chi connectivity index (χ1) is 17.3. The van der Waals surface area contributed by atoms with Crippen molar-refractivity contribution in [1.82, 2.24) is 20.5 Å². The number of nitrogens with zero attached hydrogens (tertiary/aromatic N) is 2. The maximum Gasteiger partial charge on any atom is 0.246 e. The fraction of sp³-hybridized carbons (Fsp3) is 0.500. The van der Waals surface area contributed by atoms with Gasteiger partial charge >= 0.3 is 0 Å². The molecule has 4 amide bonds. The molecule has 1 fully saturated rings. The molecule has 1 aromatic heterocycles. The summed E-state index contributed by atoms with van der Waals surface area (Å²) in [6.07, 6.45) is -0.758. The number of carbonyl (C=O) groups is 4. The number of hydrogen-bond donors (Lipinski definition) is 4. The minimum absolute atomic E-state index is 0.00310. The first-order valence-electron chi connectivity index (χ1n) is 12.1. The molecule has 0 bridgehead atoms. The summed E-state index contributed by atoms with van der Waals surface area (Å²) >= 11 is 1.50. The van der Waals surface area contributed by atoms with Gasteiger partial charge < -0.3 is 26.0 Å². The van der Waals surface area contributed by atoms with Gasteiger partial charge in [0.05, 0.1) is 22.2 Å². The highest BCUT2D eigenvalue weighted by molar-refractivity contribution is 7.13. The van der Waals surface area contributed by atoms with Crippen molar-refractivity contribution in [3.05, 3.63) is 35.0 Å². The van der Waals surface area contributed by atoms with Gasteiger partial charge in [-0.2, -0.15) is 0 Å². The van der Waals surface area contributed by atoms with Gasteiger partial charge in [-0.15, -0.1) is 11.3 Å². The van der Waals surface area contributed by atoms with Gasteiger partial charge in [0.2, 0.25) is 23.6 Å². The molecule has 0 aliphatic carbocycles. The van der Waals surface area contributed by atoms with E-state index in [0.717, 1.165) is 16.1 Å². The van der Waals surface area contributed by atoms with E-state index in [2.05, 4.69) is 20.9 Å². The number of likely N-dealkylation sites (tertiary alicyclic amines) is 1. The highest BCUT2D eigenvalue weighted by Crippen LogP contribution is 2.31. The molecule has 1 aliphatic heterocycles. The maximum atomic E-state index is 13.4. The molecule has 10 nitrogen and oxygen atoms in total. The average molecular weight is 530 g/mol. The third-order valence-electron chi connectivity index (χ3n) is 6.21. The number of hydrogen-bond acceptors (Lipinski definition) is 7. The van der Waals surface area contributed by atoms with Crippen LogP contribution in [-0.2, 0) is 25.7 Å². The Morgan fingerprint density at radius 1 is 1.19 bits per heavy atom. The number of benzene rings is 1. The van der Waals surface area contributed by atoms with Crippen molar-refractivity contribution in [2.45, 2.75) is 72.7 Å². The van der Waals surface area contributed by atoms with Crippen molar-refractivity contribution in [2.75, 3.05) is 11.9 Å². The fourth-order valence-corrected chi connectivity index (χ4v) is 5.18. The first-order valence-corrected chi connectivity index (χ1v) is 13.0. The molecule has 200 valence electrons. The third-order valence-corrected chi connectivity index (χ3v) is 7.18. The van der Waals surface area contributed by atoms with Crippen molar-refractivity contribution in [1.29, 1.82) is 0 Å². The number of thiazole rings is 1. The minimum Gasteiger partial charge on any atom is -0.391 e. The van der Waals surface area contributed by atoms with E-state index in [-0.39, 0.29) is 31.3 Å². The largest absolute Gasteiger partial charge is 0.391 e. The number of anilines is 1. The summed E-state index contributed by atoms with van der Waals surface area (Å²) < 4.78 is 0. The van der Waals surface area contributed by atoms with E-state index in [9.17, 15) is 24.3 Å². The molecule has 1 aromatic carbocycles. The van der Waals surface area contributed by atoms with Crippen LogP contribution in [0.1, 0.15) is 52.3 Å². The average Bonchev–Trinajstić information content (AvgIpc) is 3.40. The number of aromatic nitrogens is 1. The van der Waals surface area contributed by atoms with E-state index in [1.165, 1.54) is 30.1 Å². The second kappa shape index (κ2) is 11.4. The van der Waals surface area contributed by atoms with Gasteiger partial charge in [-0.1, -0.05) is 32.9 Å². The number of rotatable bonds is 7. The topological polar surface area (TPSA) is 141 Å². The lowest BCUT2D eigenvalue weighted by Crippen LogP contribution is -2.57. The van der Waals surface area contributed by atoms with Crippen molar-refractivity contribution >= 4 is 40.7 Å². The Morgan fingerprint density at radius 2 is 1.89 bits per heavy atom. The second-order valence-corrected chi connectivity index (χ2v) is 11.3. The molecule has 37 heavy (non-hydrogen) atoms. The van der Waals surface area contributed by atoms with E-state index in [0.29, 0.717) is 11.3 Å². The Morgan fingerprint density at radius 3 is 2.46 bits per heavy atom. The van der Waals surface area contributed by atoms with Gasteiger partial charge in [-0.3, -0.25) is 19.2 Å². The lowest BCUT2D eigenvalue weighted by Gasteiger charge is -2.35. The smallest absolute Gasteiger partial charge is 0.246 e. The molecular formula is C26H35N5O5S. The summed E-state index contributed by atoms with van der Waals surface area (Å²) in [5.74, 6) is -1.43. The van der Waals surface area contributed by atoms with Gasteiger partial charge in [0, 0.05) is 39.0 Å². The van der Waals surface area contributed by atoms with Crippen LogP contribution in [0.25, 0.3) is 10.4 Å². The van der Waals surface area contributed by atoms with Crippen LogP contribution in [0.4, 0.5) is 5.69 Å². The van der Waals surface area contributed by atoms with Crippen LogP contribution in [-0.4, -0.2) is 63.4 Å². The summed E-state index contributed by atoms with van der Waals surface area (Å²) in [5.41, 5.74) is 4.21. The first kappa shape index (κ1) is 28.3. The summed E-state index contributed by atoms with van der Waals surface area (Å²) in [4.78, 5) is 56.8. The number of carbonyl (C=O) groups excluding carboxylic acids is 4. The molecule has 2 heterocycles. The quantitative estimate of drug-likeness (QED) is 0.433. The zero-order valence-corrected chi connectivity index (χ0v) is 22.9. The monoisotopic (exact) mass is 529 g/mol. The van der Waals surface area contributed by atoms with Crippen LogP contribution >= 0.6 is 11.3 Å². The normalized spacial score (nSPS) is 18.3. The molecular weight excluding hydrogens is 494 g/mol. The Labute approximate surface area is 220 Å². The van der Waals surface area contributed by atoms with Gasteiger partial charge in [0.15, 0.2) is 0 Å². The zero-order chi connectivity index (χ0) is 27.5. The van der Waals surface area contributed by atoms with Crippen LogP contribution in [0, 0.1) is 12.3 Å². The Balaban J connectivity index is 1.79. The SMILES string of the molecule is CC(=O)Nc1cc(-c2scnc2C)ccc1CNC(=O)[C@@H]1C[C@@H](O)CN1C(=O)[C@@H](NC(C)=O)C(C)(C)C. The molecule has 2 aromatic rings. The minimum atomic E-state index is -0.885. The van der Waals surface area contributed by atoms with Gasteiger partial charge in [-0.25, -0.2) is 4.98 Å². The number of aliphatic hydroxyl groups is 1. The highest BCUT2D eigenvalue weighted by Gasteiger charge is 2.44. The molecule has 4 N–H and O–H groups in total. The van der Waals surface area contributed by atoms with Gasteiger partial charge in [0.1, 0.15) is 12.1 Å². The number of amides is 4. The summed E-state index contributed by atoms with van der Waals surface area (Å²) in [7, 11) is 0. The molecule has 1 saturated heterocycles. The van der Waals surface area contributed by atoms with Crippen LogP contribution in [0.15, 0.2) is 23.7 Å². The zero-order valence-electron chi connectivity index (χ0n) is 22.0. The fourth-order valence-electron chi connectivity index (χ4n) is 4.38. The second-order valence-electron chi connectivity index (χ2n) is 10.4. The van der Waals surface area contributed by atoms with Crippen molar-refractivity contribution in [3.63, 3.8) is 0 Å². The molecule has 1 aliphatic rings. The molecule has 0 spiro atoms. The van der Waals surface area contributed by atoms with Crippen LogP contribution in [0.2, 0.25) is 0 Å². The molecule has 3 rings (SSSR count). The number of nitrogens with one attached hydrogen (secondary N) is 3. The summed E-state index contributed by atoms with van der Waals surface area (Å²) in [6, 6.07) is 3.85. The summed E-state index contributed by atoms with van der Waals surface area (Å²) in [6.45, 7) is 10.3. The molecule has 11 heteroatoms. The summed E-state index contributed by atoms with van der Waals surface area (Å²) in [5, 5.41) is 18.7. The lowest BCUT2D eigenvalue weighted by molar-refractivity contribution is -0.143. The molecule has 0 saturated carbocycles. The predicted molar refractivity (Wildman–Crippen MR) is 142 cm³/mol. The van der Waals surface area contributed by atoms with Crippen LogP contribution in [0.3, 0.4) is 0 Å². The predicted octanol–water partition coefficient (Wildman–Crippen LogP) is 2.21. The molecule has 3 atom stereocenters. The third kappa shape index (κ3) is 6.92. The number of aryl methyl sites for hydroxylation is 1. The van der Waals surface area contributed by atoms with Crippen molar-refractivity contribution in [2.24, 2.45) is 5.41 Å². The van der Waals surface area contributed by atoms with Gasteiger partial charge in [-0.05, 0) is 29.5 Å². The Bertz CT molecular complexity index is 1190. The number of aliphatic hydroxyl groups excluding tert-OH is 1. The van der Waals surface area contributed by atoms with Crippen LogP contribution < -0.4 is 16.0 Å². The van der Waals surface area contributed by atoms with E-state index in [1.54, 1.807) is 5.51 Å². The maximum absolute atomic E-state index is 13.4. The van der Waals surface area contributed by atoms with E-state index >= 15 is 0 Å². The highest BCUT2D eigenvalue weighted by atomic mass is 32.1. The van der Waals surface area contributed by atoms with E-state index in [4.69, 9.17) is 0 Å². The number of β-amino-alcohol motifs (C(OH)–C–C–N with tert-alkyl or cyclic N) is 1. The Kier molecular flexibility index (Phi) is 8.70. The Hall–Kier alpha value is -3.31. The van der Waals surface area contributed by atoms with E-state index in [1.807, 2.05) is 45.9 Å².